The molecule has 8 nitrogen and oxygen atoms in total. The van der Waals surface area contributed by atoms with Gasteiger partial charge < -0.3 is 23.4 Å². The highest BCUT2D eigenvalue weighted by atomic mass is 79.9. The first-order valence-electron chi connectivity index (χ1n) is 10.7. The van der Waals surface area contributed by atoms with E-state index in [0.717, 1.165) is 21.5 Å². The number of ketones is 1. The van der Waals surface area contributed by atoms with Crippen LogP contribution < -0.4 is 4.74 Å². The number of furan rings is 1. The molecule has 1 atom stereocenters. The van der Waals surface area contributed by atoms with Gasteiger partial charge in [-0.05, 0) is 57.9 Å². The Hall–Kier alpha value is -3.56. The van der Waals surface area contributed by atoms with E-state index in [1.54, 1.807) is 50.4 Å². The number of hydrogen-bond donors (Lipinski definition) is 0. The topological polar surface area (TPSA) is 85.0 Å². The number of benzene rings is 1. The molecule has 1 aliphatic carbocycles. The van der Waals surface area contributed by atoms with Crippen LogP contribution in [0.5, 0.6) is 5.75 Å². The molecule has 9 heteroatoms. The van der Waals surface area contributed by atoms with Gasteiger partial charge in [-0.1, -0.05) is 12.1 Å². The Kier molecular flexibility index (Phi) is 7.57. The summed E-state index contributed by atoms with van der Waals surface area (Å²) >= 11 is 3.51. The van der Waals surface area contributed by atoms with Crippen molar-refractivity contribution >= 4 is 27.3 Å². The molecule has 35 heavy (non-hydrogen) atoms. The monoisotopic (exact) mass is 540 g/mol. The summed E-state index contributed by atoms with van der Waals surface area (Å²) in [5.41, 5.74) is 2.15. The minimum absolute atomic E-state index is 0.179. The first-order chi connectivity index (χ1) is 17.0. The summed E-state index contributed by atoms with van der Waals surface area (Å²) < 4.78 is 30.4. The second-order valence-corrected chi connectivity index (χ2v) is 8.34. The number of halogens is 1. The van der Waals surface area contributed by atoms with Crippen molar-refractivity contribution in [2.24, 2.45) is 0 Å². The highest BCUT2D eigenvalue weighted by Crippen LogP contribution is 2.34. The van der Waals surface area contributed by atoms with Crippen LogP contribution in [0.25, 0.3) is 11.3 Å². The molecule has 1 aromatic carbocycles. The number of methoxy groups -OCH3 is 4. The zero-order valence-electron chi connectivity index (χ0n) is 19.8. The third-order valence-corrected chi connectivity index (χ3v) is 6.42. The first kappa shape index (κ1) is 24.6. The van der Waals surface area contributed by atoms with Crippen molar-refractivity contribution in [1.82, 2.24) is 9.78 Å². The summed E-state index contributed by atoms with van der Waals surface area (Å²) in [6.45, 7) is 0. The van der Waals surface area contributed by atoms with E-state index in [0.29, 0.717) is 29.3 Å². The van der Waals surface area contributed by atoms with E-state index in [1.165, 1.54) is 7.11 Å². The Morgan fingerprint density at radius 1 is 1.11 bits per heavy atom. The SMILES string of the molecule is COC1=CC(c2ccc(C(=O)C(OC)c3ccc(-n4cccn4)c(OC)c3)o2)=CCC(OC)=C1Br. The third-order valence-electron chi connectivity index (χ3n) is 5.59. The van der Waals surface area contributed by atoms with Crippen LogP contribution in [-0.4, -0.2) is 44.0 Å². The Bertz CT molecular complexity index is 1300. The van der Waals surface area contributed by atoms with Crippen LogP contribution >= 0.6 is 15.9 Å². The summed E-state index contributed by atoms with van der Waals surface area (Å²) in [6, 6.07) is 10.6. The predicted molar refractivity (Wildman–Crippen MR) is 134 cm³/mol. The van der Waals surface area contributed by atoms with E-state index < -0.39 is 6.10 Å². The van der Waals surface area contributed by atoms with Crippen LogP contribution in [0.1, 0.15) is 34.4 Å². The van der Waals surface area contributed by atoms with Crippen molar-refractivity contribution in [2.75, 3.05) is 28.4 Å². The van der Waals surface area contributed by atoms with Crippen molar-refractivity contribution in [3.8, 4) is 11.4 Å². The molecule has 2 heterocycles. The number of carbonyl (C=O) groups excluding carboxylic acids is 1. The zero-order chi connectivity index (χ0) is 24.9. The second kappa shape index (κ2) is 10.8. The highest BCUT2D eigenvalue weighted by molar-refractivity contribution is 9.12. The van der Waals surface area contributed by atoms with Gasteiger partial charge in [0.2, 0.25) is 5.78 Å². The Morgan fingerprint density at radius 3 is 2.60 bits per heavy atom. The van der Waals surface area contributed by atoms with E-state index in [-0.39, 0.29) is 11.5 Å². The Labute approximate surface area is 211 Å². The van der Waals surface area contributed by atoms with Crippen molar-refractivity contribution in [3.63, 3.8) is 0 Å². The van der Waals surface area contributed by atoms with Crippen LogP contribution in [0.4, 0.5) is 0 Å². The van der Waals surface area contributed by atoms with Gasteiger partial charge in [-0.3, -0.25) is 4.79 Å². The van der Waals surface area contributed by atoms with Gasteiger partial charge in [0.25, 0.3) is 0 Å². The lowest BCUT2D eigenvalue weighted by molar-refractivity contribution is 0.0575. The fraction of sp³-hybridized carbons (Fsp3) is 0.231. The molecule has 2 aromatic heterocycles. The maximum Gasteiger partial charge on any atom is 0.231 e. The average molecular weight is 541 g/mol. The summed E-state index contributed by atoms with van der Waals surface area (Å²) in [6.07, 6.45) is 6.93. The van der Waals surface area contributed by atoms with Crippen LogP contribution in [0.15, 0.2) is 81.4 Å². The summed E-state index contributed by atoms with van der Waals surface area (Å²) in [4.78, 5) is 13.4. The van der Waals surface area contributed by atoms with Crippen molar-refractivity contribution in [1.29, 1.82) is 0 Å². The summed E-state index contributed by atoms with van der Waals surface area (Å²) in [5.74, 6) is 2.28. The molecule has 182 valence electrons. The molecule has 0 radical (unpaired) electrons. The lowest BCUT2D eigenvalue weighted by atomic mass is 10.0. The van der Waals surface area contributed by atoms with Gasteiger partial charge in [0.1, 0.15) is 34.8 Å². The predicted octanol–water partition coefficient (Wildman–Crippen LogP) is 5.61. The maximum atomic E-state index is 13.4. The molecule has 0 amide bonds. The smallest absolute Gasteiger partial charge is 0.231 e. The van der Waals surface area contributed by atoms with Gasteiger partial charge in [0, 0.05) is 31.5 Å². The van der Waals surface area contributed by atoms with Gasteiger partial charge in [-0.25, -0.2) is 4.68 Å². The van der Waals surface area contributed by atoms with E-state index >= 15 is 0 Å². The minimum atomic E-state index is -0.876. The fourth-order valence-corrected chi connectivity index (χ4v) is 4.39. The molecule has 0 N–H and O–H groups in total. The number of rotatable bonds is 9. The minimum Gasteiger partial charge on any atom is -0.499 e. The average Bonchev–Trinajstić information content (AvgIpc) is 3.56. The lowest BCUT2D eigenvalue weighted by Gasteiger charge is -2.16. The van der Waals surface area contributed by atoms with Crippen LogP contribution in [0, 0.1) is 0 Å². The van der Waals surface area contributed by atoms with Crippen molar-refractivity contribution < 1.29 is 28.2 Å². The lowest BCUT2D eigenvalue weighted by Crippen LogP contribution is -2.15. The van der Waals surface area contributed by atoms with Gasteiger partial charge in [-0.2, -0.15) is 5.10 Å². The molecular weight excluding hydrogens is 516 g/mol. The molecule has 0 saturated heterocycles. The van der Waals surface area contributed by atoms with Gasteiger partial charge in [0.15, 0.2) is 5.76 Å². The number of nitrogens with zero attached hydrogens (tertiary/aromatic N) is 2. The number of allylic oxidation sites excluding steroid dienone is 4. The Balaban J connectivity index is 1.61. The second-order valence-electron chi connectivity index (χ2n) is 7.54. The van der Waals surface area contributed by atoms with E-state index in [9.17, 15) is 4.79 Å². The third kappa shape index (κ3) is 4.96. The maximum absolute atomic E-state index is 13.4. The summed E-state index contributed by atoms with van der Waals surface area (Å²) in [7, 11) is 6.24. The van der Waals surface area contributed by atoms with Gasteiger partial charge in [0.05, 0.1) is 25.8 Å². The van der Waals surface area contributed by atoms with E-state index in [2.05, 4.69) is 21.0 Å². The molecule has 0 saturated carbocycles. The number of ether oxygens (including phenoxy) is 4. The number of carbonyl (C=O) groups is 1. The fourth-order valence-electron chi connectivity index (χ4n) is 3.79. The zero-order valence-corrected chi connectivity index (χ0v) is 21.4. The number of aromatic nitrogens is 2. The van der Waals surface area contributed by atoms with Gasteiger partial charge >= 0.3 is 0 Å². The number of Topliss-reactive ketones (excluding diaryl/α,β-unsaturated/α-hetero) is 1. The largest absolute Gasteiger partial charge is 0.499 e. The van der Waals surface area contributed by atoms with Crippen LogP contribution in [0.2, 0.25) is 0 Å². The standard InChI is InChI=1S/C26H25BrN2O6/c1-31-20-9-7-16(14-23(33-3)24(20)27)19-10-11-21(35-19)25(30)26(34-4)17-6-8-18(22(15-17)32-2)29-13-5-12-28-29/h5-8,10-15,26H,9H2,1-4H3. The first-order valence-corrected chi connectivity index (χ1v) is 11.5. The molecular formula is C26H25BrN2O6. The number of hydrogen-bond acceptors (Lipinski definition) is 7. The van der Waals surface area contributed by atoms with Crippen LogP contribution in [-0.2, 0) is 14.2 Å². The molecule has 0 aliphatic heterocycles. The van der Waals surface area contributed by atoms with E-state index in [4.69, 9.17) is 23.4 Å². The Morgan fingerprint density at radius 2 is 1.94 bits per heavy atom. The molecule has 4 rings (SSSR count). The van der Waals surface area contributed by atoms with E-state index in [1.807, 2.05) is 36.5 Å². The van der Waals surface area contributed by atoms with Crippen molar-refractivity contribution in [2.45, 2.75) is 12.5 Å². The normalized spacial score (nSPS) is 14.7. The van der Waals surface area contributed by atoms with Gasteiger partial charge in [-0.15, -0.1) is 0 Å². The molecule has 1 unspecified atom stereocenters. The molecule has 3 aromatic rings. The molecule has 0 bridgehead atoms. The summed E-state index contributed by atoms with van der Waals surface area (Å²) in [5, 5.41) is 4.24. The quantitative estimate of drug-likeness (QED) is 0.326. The molecule has 0 spiro atoms. The molecule has 1 aliphatic rings. The highest BCUT2D eigenvalue weighted by Gasteiger charge is 2.27. The molecule has 0 fully saturated rings. The van der Waals surface area contributed by atoms with Crippen molar-refractivity contribution in [3.05, 3.63) is 94.0 Å². The van der Waals surface area contributed by atoms with Crippen LogP contribution in [0.3, 0.4) is 0 Å².